The van der Waals surface area contributed by atoms with E-state index in [0.717, 1.165) is 0 Å². The fourth-order valence-corrected chi connectivity index (χ4v) is 0.575. The average molecular weight is 134 g/mol. The van der Waals surface area contributed by atoms with E-state index >= 15 is 0 Å². The van der Waals surface area contributed by atoms with E-state index in [9.17, 15) is 4.39 Å². The van der Waals surface area contributed by atoms with Gasteiger partial charge in [-0.15, -0.1) is 0 Å². The number of nitrogens with one attached hydrogen (secondary N) is 1. The fraction of sp³-hybridized carbons (Fsp3) is 0.200. The van der Waals surface area contributed by atoms with E-state index in [1.807, 2.05) is 0 Å². The molecule has 1 aliphatic heterocycles. The smallest absolute Gasteiger partial charge is 0.189 e. The summed E-state index contributed by atoms with van der Waals surface area (Å²) in [5.74, 6) is 0. The summed E-state index contributed by atoms with van der Waals surface area (Å²) in [7, 11) is 0. The van der Waals surface area contributed by atoms with E-state index in [0.29, 0.717) is 5.03 Å². The van der Waals surface area contributed by atoms with Crippen LogP contribution in [0.2, 0.25) is 0 Å². The molecule has 0 spiro atoms. The Morgan fingerprint density at radius 1 is 1.75 bits per heavy atom. The largest absolute Gasteiger partial charge is 0.358 e. The third-order valence-corrected chi connectivity index (χ3v) is 1.04. The van der Waals surface area contributed by atoms with Crippen molar-refractivity contribution in [1.29, 1.82) is 0 Å². The molecule has 0 saturated carbocycles. The van der Waals surface area contributed by atoms with Crippen LogP contribution < -0.4 is 5.32 Å². The van der Waals surface area contributed by atoms with Gasteiger partial charge < -0.3 is 5.32 Å². The van der Waals surface area contributed by atoms with Crippen LogP contribution in [0.15, 0.2) is 23.4 Å². The van der Waals surface area contributed by atoms with Crippen molar-refractivity contribution in [3.05, 3.63) is 23.4 Å². The molecule has 1 N–H and O–H groups in total. The van der Waals surface area contributed by atoms with E-state index < -0.39 is 6.30 Å². The highest BCUT2D eigenvalue weighted by Crippen LogP contribution is 2.07. The standard InChI is InChI=1S/C5H5ClFN/c6-4-1-2-5(7)8-3-4/h1-3,5,8H. The van der Waals surface area contributed by atoms with Crippen LogP contribution in [0.1, 0.15) is 0 Å². The summed E-state index contributed by atoms with van der Waals surface area (Å²) in [5.41, 5.74) is 0. The van der Waals surface area contributed by atoms with Crippen LogP contribution in [0.4, 0.5) is 4.39 Å². The molecule has 1 heterocycles. The lowest BCUT2D eigenvalue weighted by atomic mass is 10.4. The van der Waals surface area contributed by atoms with Crippen molar-refractivity contribution in [2.45, 2.75) is 6.30 Å². The van der Waals surface area contributed by atoms with Gasteiger partial charge in [0.2, 0.25) is 0 Å². The van der Waals surface area contributed by atoms with Gasteiger partial charge in [0.15, 0.2) is 6.30 Å². The summed E-state index contributed by atoms with van der Waals surface area (Å²) in [5, 5.41) is 2.91. The minimum atomic E-state index is -1.07. The van der Waals surface area contributed by atoms with Crippen LogP contribution in [-0.2, 0) is 0 Å². The molecule has 0 aromatic heterocycles. The molecule has 0 fully saturated rings. The molecule has 1 unspecified atom stereocenters. The van der Waals surface area contributed by atoms with Crippen molar-refractivity contribution in [3.8, 4) is 0 Å². The van der Waals surface area contributed by atoms with Crippen molar-refractivity contribution in [1.82, 2.24) is 5.32 Å². The molecule has 1 atom stereocenters. The summed E-state index contributed by atoms with van der Waals surface area (Å²) < 4.78 is 12.1. The Bertz CT molecular complexity index is 141. The highest BCUT2D eigenvalue weighted by molar-refractivity contribution is 6.31. The zero-order valence-electron chi connectivity index (χ0n) is 4.07. The summed E-state index contributed by atoms with van der Waals surface area (Å²) in [6.07, 6.45) is 3.22. The van der Waals surface area contributed by atoms with E-state index in [4.69, 9.17) is 11.6 Å². The summed E-state index contributed by atoms with van der Waals surface area (Å²) >= 11 is 5.43. The van der Waals surface area contributed by atoms with Crippen LogP contribution in [0.25, 0.3) is 0 Å². The van der Waals surface area contributed by atoms with Crippen molar-refractivity contribution in [3.63, 3.8) is 0 Å². The van der Waals surface area contributed by atoms with Crippen LogP contribution in [0.5, 0.6) is 0 Å². The molecule has 8 heavy (non-hydrogen) atoms. The third-order valence-electron chi connectivity index (χ3n) is 0.805. The molecule has 0 amide bonds. The van der Waals surface area contributed by atoms with Crippen LogP contribution in [0, 0.1) is 0 Å². The van der Waals surface area contributed by atoms with Crippen molar-refractivity contribution in [2.75, 3.05) is 0 Å². The van der Waals surface area contributed by atoms with Crippen molar-refractivity contribution >= 4 is 11.6 Å². The maximum atomic E-state index is 12.1. The normalized spacial score (nSPS) is 26.8. The number of alkyl halides is 1. The van der Waals surface area contributed by atoms with Crippen molar-refractivity contribution in [2.24, 2.45) is 0 Å². The van der Waals surface area contributed by atoms with E-state index in [1.165, 1.54) is 18.4 Å². The Labute approximate surface area is 51.8 Å². The highest BCUT2D eigenvalue weighted by Gasteiger charge is 2.00. The average Bonchev–Trinajstić information content (AvgIpc) is 1.77. The Kier molecular flexibility index (Phi) is 1.53. The van der Waals surface area contributed by atoms with Crippen molar-refractivity contribution < 1.29 is 4.39 Å². The fourth-order valence-electron chi connectivity index (χ4n) is 0.439. The minimum absolute atomic E-state index is 0.527. The predicted molar refractivity (Wildman–Crippen MR) is 31.1 cm³/mol. The first-order valence-corrected chi connectivity index (χ1v) is 2.61. The molecule has 44 valence electrons. The molecule has 0 aromatic rings. The van der Waals surface area contributed by atoms with Crippen LogP contribution >= 0.6 is 11.6 Å². The molecule has 3 heteroatoms. The van der Waals surface area contributed by atoms with Gasteiger partial charge in [0, 0.05) is 6.20 Å². The number of hydrogen-bond acceptors (Lipinski definition) is 1. The number of halogens is 2. The zero-order valence-corrected chi connectivity index (χ0v) is 4.82. The molecule has 0 aromatic carbocycles. The van der Waals surface area contributed by atoms with Crippen LogP contribution in [-0.4, -0.2) is 6.30 Å². The molecule has 0 saturated heterocycles. The minimum Gasteiger partial charge on any atom is -0.358 e. The molecule has 0 aliphatic carbocycles. The summed E-state index contributed by atoms with van der Waals surface area (Å²) in [6, 6.07) is 0. The van der Waals surface area contributed by atoms with Gasteiger partial charge in [-0.25, -0.2) is 4.39 Å². The third kappa shape index (κ3) is 1.23. The second kappa shape index (κ2) is 2.18. The van der Waals surface area contributed by atoms with Gasteiger partial charge in [-0.2, -0.15) is 0 Å². The van der Waals surface area contributed by atoms with Gasteiger partial charge in [-0.05, 0) is 12.2 Å². The zero-order chi connectivity index (χ0) is 5.98. The predicted octanol–water partition coefficient (Wildman–Crippen LogP) is 1.52. The Balaban J connectivity index is 2.58. The van der Waals surface area contributed by atoms with E-state index in [2.05, 4.69) is 5.32 Å². The van der Waals surface area contributed by atoms with Gasteiger partial charge >= 0.3 is 0 Å². The Morgan fingerprint density at radius 3 is 2.88 bits per heavy atom. The topological polar surface area (TPSA) is 12.0 Å². The van der Waals surface area contributed by atoms with Gasteiger partial charge in [0.1, 0.15) is 0 Å². The second-order valence-electron chi connectivity index (χ2n) is 1.46. The highest BCUT2D eigenvalue weighted by atomic mass is 35.5. The SMILES string of the molecule is FC1C=CC(Cl)=CN1. The number of dihydropyridines is 1. The first-order chi connectivity index (χ1) is 3.79. The van der Waals surface area contributed by atoms with E-state index in [-0.39, 0.29) is 0 Å². The lowest BCUT2D eigenvalue weighted by Crippen LogP contribution is -2.18. The first-order valence-electron chi connectivity index (χ1n) is 2.23. The molecule has 1 rings (SSSR count). The molecule has 1 nitrogen and oxygen atoms in total. The molecule has 1 aliphatic rings. The maximum absolute atomic E-state index is 12.1. The maximum Gasteiger partial charge on any atom is 0.189 e. The van der Waals surface area contributed by atoms with Gasteiger partial charge in [0.25, 0.3) is 0 Å². The summed E-state index contributed by atoms with van der Waals surface area (Å²) in [6.45, 7) is 0. The summed E-state index contributed by atoms with van der Waals surface area (Å²) in [4.78, 5) is 0. The van der Waals surface area contributed by atoms with E-state index in [1.54, 1.807) is 0 Å². The first kappa shape index (κ1) is 5.63. The lowest BCUT2D eigenvalue weighted by molar-refractivity contribution is 0.364. The number of allylic oxidation sites excluding steroid dienone is 2. The van der Waals surface area contributed by atoms with Gasteiger partial charge in [-0.3, -0.25) is 0 Å². The monoisotopic (exact) mass is 133 g/mol. The molecular formula is C5H5ClFN. The quantitative estimate of drug-likeness (QED) is 0.494. The number of hydrogen-bond donors (Lipinski definition) is 1. The van der Waals surface area contributed by atoms with Gasteiger partial charge in [-0.1, -0.05) is 11.6 Å². The molecular weight excluding hydrogens is 129 g/mol. The lowest BCUT2D eigenvalue weighted by Gasteiger charge is -2.06. The molecule has 0 radical (unpaired) electrons. The molecule has 0 bridgehead atoms. The second-order valence-corrected chi connectivity index (χ2v) is 1.89. The Hall–Kier alpha value is -0.500. The van der Waals surface area contributed by atoms with Gasteiger partial charge in [0.05, 0.1) is 5.03 Å². The Morgan fingerprint density at radius 2 is 2.50 bits per heavy atom. The number of rotatable bonds is 0. The van der Waals surface area contributed by atoms with Crippen LogP contribution in [0.3, 0.4) is 0 Å².